The van der Waals surface area contributed by atoms with E-state index >= 15 is 0 Å². The Kier molecular flexibility index (Phi) is 8.51. The summed E-state index contributed by atoms with van der Waals surface area (Å²) in [7, 11) is 1.66. The molecule has 0 aliphatic heterocycles. The minimum absolute atomic E-state index is 0.0591. The van der Waals surface area contributed by atoms with Crippen molar-refractivity contribution in [2.24, 2.45) is 0 Å². The lowest BCUT2D eigenvalue weighted by molar-refractivity contribution is 0.0929. The van der Waals surface area contributed by atoms with Gasteiger partial charge in [-0.2, -0.15) is 0 Å². The van der Waals surface area contributed by atoms with Gasteiger partial charge in [0.1, 0.15) is 5.75 Å². The zero-order valence-electron chi connectivity index (χ0n) is 13.4. The number of benzene rings is 1. The van der Waals surface area contributed by atoms with Crippen LogP contribution in [-0.4, -0.2) is 32.3 Å². The first-order chi connectivity index (χ1) is 10.2. The van der Waals surface area contributed by atoms with Crippen molar-refractivity contribution in [3.8, 4) is 5.75 Å². The Morgan fingerprint density at radius 3 is 2.52 bits per heavy atom. The highest BCUT2D eigenvalue weighted by atomic mass is 16.5. The first kappa shape index (κ1) is 17.5. The number of hydrogen-bond acceptors (Lipinski definition) is 3. The van der Waals surface area contributed by atoms with Gasteiger partial charge in [-0.15, -0.1) is 0 Å². The first-order valence-electron chi connectivity index (χ1n) is 7.70. The van der Waals surface area contributed by atoms with Gasteiger partial charge in [-0.05, 0) is 44.0 Å². The van der Waals surface area contributed by atoms with Crippen LogP contribution in [0.3, 0.4) is 0 Å². The number of carbonyl (C=O) groups excluding carboxylic acids is 1. The molecule has 118 valence electrons. The smallest absolute Gasteiger partial charge is 0.251 e. The standard InChI is InChI=1S/C17H27NO3/c1-4-5-6-12-21-16-9-7-15(8-10-16)17(19)18-14(2)11-13-20-3/h7-10,14H,4-6,11-13H2,1-3H3,(H,18,19). The predicted molar refractivity (Wildman–Crippen MR) is 84.9 cm³/mol. The number of nitrogens with one attached hydrogen (secondary N) is 1. The Bertz CT molecular complexity index is 403. The highest BCUT2D eigenvalue weighted by molar-refractivity contribution is 5.94. The maximum Gasteiger partial charge on any atom is 0.251 e. The van der Waals surface area contributed by atoms with Crippen LogP contribution in [0.2, 0.25) is 0 Å². The molecule has 0 spiro atoms. The van der Waals surface area contributed by atoms with Crippen molar-refractivity contribution < 1.29 is 14.3 Å². The normalized spacial score (nSPS) is 12.0. The van der Waals surface area contributed by atoms with E-state index in [1.165, 1.54) is 12.8 Å². The largest absolute Gasteiger partial charge is 0.494 e. The quantitative estimate of drug-likeness (QED) is 0.672. The second kappa shape index (κ2) is 10.2. The third-order valence-corrected chi connectivity index (χ3v) is 3.27. The van der Waals surface area contributed by atoms with Crippen LogP contribution >= 0.6 is 0 Å². The average Bonchev–Trinajstić information content (AvgIpc) is 2.50. The van der Waals surface area contributed by atoms with Gasteiger partial charge in [0.05, 0.1) is 6.61 Å². The molecule has 0 aliphatic rings. The molecule has 1 atom stereocenters. The summed E-state index contributed by atoms with van der Waals surface area (Å²) in [5, 5.41) is 2.95. The number of amides is 1. The predicted octanol–water partition coefficient (Wildman–Crippen LogP) is 3.41. The van der Waals surface area contributed by atoms with Crippen LogP contribution in [0, 0.1) is 0 Å². The summed E-state index contributed by atoms with van der Waals surface area (Å²) >= 11 is 0. The van der Waals surface area contributed by atoms with E-state index in [1.807, 2.05) is 19.1 Å². The van der Waals surface area contributed by atoms with E-state index < -0.39 is 0 Å². The third kappa shape index (κ3) is 7.14. The fraction of sp³-hybridized carbons (Fsp3) is 0.588. The van der Waals surface area contributed by atoms with E-state index in [1.54, 1.807) is 19.2 Å². The van der Waals surface area contributed by atoms with Gasteiger partial charge in [-0.25, -0.2) is 0 Å². The van der Waals surface area contributed by atoms with E-state index in [2.05, 4.69) is 12.2 Å². The van der Waals surface area contributed by atoms with Crippen LogP contribution in [0.25, 0.3) is 0 Å². The van der Waals surface area contributed by atoms with E-state index in [4.69, 9.17) is 9.47 Å². The van der Waals surface area contributed by atoms with Crippen LogP contribution in [0.1, 0.15) is 49.9 Å². The molecule has 0 heterocycles. The average molecular weight is 293 g/mol. The summed E-state index contributed by atoms with van der Waals surface area (Å²) in [5.74, 6) is 0.756. The maximum absolute atomic E-state index is 12.0. The minimum atomic E-state index is -0.0591. The zero-order chi connectivity index (χ0) is 15.5. The summed E-state index contributed by atoms with van der Waals surface area (Å²) in [6.45, 7) is 5.52. The van der Waals surface area contributed by atoms with Gasteiger partial charge in [0.2, 0.25) is 0 Å². The molecule has 0 aromatic heterocycles. The molecule has 1 rings (SSSR count). The monoisotopic (exact) mass is 293 g/mol. The van der Waals surface area contributed by atoms with Crippen molar-refractivity contribution in [1.82, 2.24) is 5.32 Å². The summed E-state index contributed by atoms with van der Waals surface area (Å²) in [4.78, 5) is 12.0. The number of ether oxygens (including phenoxy) is 2. The molecule has 1 aromatic rings. The fourth-order valence-electron chi connectivity index (χ4n) is 1.92. The summed E-state index contributed by atoms with van der Waals surface area (Å²) in [6.07, 6.45) is 4.24. The number of unbranched alkanes of at least 4 members (excludes halogenated alkanes) is 2. The van der Waals surface area contributed by atoms with Gasteiger partial charge in [0.25, 0.3) is 5.91 Å². The van der Waals surface area contributed by atoms with E-state index in [-0.39, 0.29) is 11.9 Å². The van der Waals surface area contributed by atoms with E-state index in [0.29, 0.717) is 12.2 Å². The molecule has 1 amide bonds. The first-order valence-corrected chi connectivity index (χ1v) is 7.70. The lowest BCUT2D eigenvalue weighted by atomic mass is 10.1. The van der Waals surface area contributed by atoms with E-state index in [9.17, 15) is 4.79 Å². The number of methoxy groups -OCH3 is 1. The van der Waals surface area contributed by atoms with Gasteiger partial charge < -0.3 is 14.8 Å². The van der Waals surface area contributed by atoms with Gasteiger partial charge in [-0.1, -0.05) is 19.8 Å². The number of hydrogen-bond donors (Lipinski definition) is 1. The second-order valence-electron chi connectivity index (χ2n) is 5.24. The van der Waals surface area contributed by atoms with Crippen LogP contribution in [0.15, 0.2) is 24.3 Å². The Balaban J connectivity index is 2.40. The highest BCUT2D eigenvalue weighted by Crippen LogP contribution is 2.13. The van der Waals surface area contributed by atoms with E-state index in [0.717, 1.165) is 25.2 Å². The van der Waals surface area contributed by atoms with Crippen molar-refractivity contribution in [2.75, 3.05) is 20.3 Å². The lowest BCUT2D eigenvalue weighted by Crippen LogP contribution is -2.33. The molecule has 0 aliphatic carbocycles. The molecule has 1 N–H and O–H groups in total. The fourth-order valence-corrected chi connectivity index (χ4v) is 1.92. The Morgan fingerprint density at radius 1 is 1.19 bits per heavy atom. The summed E-state index contributed by atoms with van der Waals surface area (Å²) < 4.78 is 10.6. The summed E-state index contributed by atoms with van der Waals surface area (Å²) in [5.41, 5.74) is 0.653. The highest BCUT2D eigenvalue weighted by Gasteiger charge is 2.09. The van der Waals surface area contributed by atoms with Crippen LogP contribution < -0.4 is 10.1 Å². The molecule has 0 fully saturated rings. The SMILES string of the molecule is CCCCCOc1ccc(C(=O)NC(C)CCOC)cc1. The Hall–Kier alpha value is -1.55. The van der Waals surface area contributed by atoms with Crippen molar-refractivity contribution in [3.05, 3.63) is 29.8 Å². The van der Waals surface area contributed by atoms with Gasteiger partial charge in [0.15, 0.2) is 0 Å². The Morgan fingerprint density at radius 2 is 1.90 bits per heavy atom. The molecule has 0 radical (unpaired) electrons. The van der Waals surface area contributed by atoms with Crippen molar-refractivity contribution in [1.29, 1.82) is 0 Å². The topological polar surface area (TPSA) is 47.6 Å². The molecule has 21 heavy (non-hydrogen) atoms. The molecule has 1 aromatic carbocycles. The minimum Gasteiger partial charge on any atom is -0.494 e. The van der Waals surface area contributed by atoms with Crippen molar-refractivity contribution in [3.63, 3.8) is 0 Å². The molecular formula is C17H27NO3. The summed E-state index contributed by atoms with van der Waals surface area (Å²) in [6, 6.07) is 7.39. The number of carbonyl (C=O) groups is 1. The second-order valence-corrected chi connectivity index (χ2v) is 5.24. The Labute approximate surface area is 127 Å². The van der Waals surface area contributed by atoms with Crippen molar-refractivity contribution in [2.45, 2.75) is 45.6 Å². The van der Waals surface area contributed by atoms with Gasteiger partial charge >= 0.3 is 0 Å². The maximum atomic E-state index is 12.0. The molecule has 1 unspecified atom stereocenters. The molecule has 4 heteroatoms. The van der Waals surface area contributed by atoms with Crippen molar-refractivity contribution >= 4 is 5.91 Å². The number of rotatable bonds is 10. The van der Waals surface area contributed by atoms with Crippen LogP contribution in [0.5, 0.6) is 5.75 Å². The molecular weight excluding hydrogens is 266 g/mol. The molecule has 0 bridgehead atoms. The van der Waals surface area contributed by atoms with Crippen LogP contribution in [-0.2, 0) is 4.74 Å². The lowest BCUT2D eigenvalue weighted by Gasteiger charge is -2.13. The zero-order valence-corrected chi connectivity index (χ0v) is 13.4. The third-order valence-electron chi connectivity index (χ3n) is 3.27. The van der Waals surface area contributed by atoms with Gasteiger partial charge in [-0.3, -0.25) is 4.79 Å². The molecule has 0 saturated heterocycles. The molecule has 0 saturated carbocycles. The molecule has 4 nitrogen and oxygen atoms in total. The van der Waals surface area contributed by atoms with Crippen LogP contribution in [0.4, 0.5) is 0 Å². The van der Waals surface area contributed by atoms with Gasteiger partial charge in [0, 0.05) is 25.3 Å².